The molecule has 0 fully saturated rings. The van der Waals surface area contributed by atoms with Gasteiger partial charge in [-0.3, -0.25) is 0 Å². The summed E-state index contributed by atoms with van der Waals surface area (Å²) in [5, 5.41) is 2.30. The number of fused-ring (bicyclic) bond motifs is 1. The molecule has 1 aliphatic rings. The Morgan fingerprint density at radius 3 is 1.23 bits per heavy atom. The van der Waals surface area contributed by atoms with Gasteiger partial charge in [-0.25, -0.2) is 0 Å². The minimum absolute atomic E-state index is 0.191. The van der Waals surface area contributed by atoms with Gasteiger partial charge in [-0.1, -0.05) is 0 Å². The minimum atomic E-state index is -2.45. The molecule has 0 amide bonds. The second kappa shape index (κ2) is 13.7. The summed E-state index contributed by atoms with van der Waals surface area (Å²) >= 11 is -2.45. The first-order valence-electron chi connectivity index (χ1n) is 18.6. The number of hydrogen-bond acceptors (Lipinski definition) is 0. The molecule has 0 bridgehead atoms. The zero-order valence-electron chi connectivity index (χ0n) is 35.0. The van der Waals surface area contributed by atoms with Gasteiger partial charge < -0.3 is 0 Å². The first-order chi connectivity index (χ1) is 20.8. The maximum atomic E-state index is 2.96. The third-order valence-corrected chi connectivity index (χ3v) is 48.3. The Balaban J connectivity index is 2.76. The van der Waals surface area contributed by atoms with Gasteiger partial charge >= 0.3 is 310 Å². The molecule has 0 saturated carbocycles. The van der Waals surface area contributed by atoms with Crippen LogP contribution in [0.1, 0.15) is 64.1 Å². The molecule has 1 radical (unpaired) electrons. The molecule has 47 heavy (non-hydrogen) atoms. The number of benzene rings is 2. The van der Waals surface area contributed by atoms with E-state index in [0.29, 0.717) is 0 Å². The fraction of sp³-hybridized carbons (Fsp3) is 0.650. The average Bonchev–Trinajstić information content (AvgIpc) is 2.77. The summed E-state index contributed by atoms with van der Waals surface area (Å²) in [5.74, 6) is 0. The molecule has 0 nitrogen and oxygen atoms in total. The predicted molar refractivity (Wildman–Crippen MR) is 238 cm³/mol. The van der Waals surface area contributed by atoms with Crippen molar-refractivity contribution in [3.05, 3.63) is 67.8 Å². The predicted octanol–water partition coefficient (Wildman–Crippen LogP) is 12.7. The summed E-state index contributed by atoms with van der Waals surface area (Å²) in [6.07, 6.45) is 2.72. The molecule has 0 N–H and O–H groups in total. The summed E-state index contributed by atoms with van der Waals surface area (Å²) in [5.41, 5.74) is 8.91. The van der Waals surface area contributed by atoms with Crippen LogP contribution in [0, 0.1) is 5.41 Å². The Labute approximate surface area is 307 Å². The Kier molecular flexibility index (Phi) is 12.1. The third-order valence-electron chi connectivity index (χ3n) is 10.5. The molecule has 0 atom stereocenters. The van der Waals surface area contributed by atoms with Crippen molar-refractivity contribution >= 4 is 77.9 Å². The van der Waals surface area contributed by atoms with Gasteiger partial charge in [-0.05, 0) is 0 Å². The van der Waals surface area contributed by atoms with Crippen molar-refractivity contribution in [2.24, 2.45) is 5.41 Å². The van der Waals surface area contributed by atoms with Gasteiger partial charge in [0.15, 0.2) is 0 Å². The van der Waals surface area contributed by atoms with E-state index in [1.165, 1.54) is 10.0 Å². The number of allylic oxidation sites excluding steroid dienone is 1. The summed E-state index contributed by atoms with van der Waals surface area (Å²) < 4.78 is 5.19. The monoisotopic (exact) mass is 843 g/mol. The van der Waals surface area contributed by atoms with Gasteiger partial charge in [0.25, 0.3) is 0 Å². The van der Waals surface area contributed by atoms with Crippen molar-refractivity contribution in [3.8, 4) is 0 Å². The van der Waals surface area contributed by atoms with Crippen molar-refractivity contribution in [1.29, 1.82) is 0 Å². The van der Waals surface area contributed by atoms with E-state index in [0.717, 1.165) is 15.5 Å². The molecule has 263 valence electrons. The zero-order chi connectivity index (χ0) is 36.5. The quantitative estimate of drug-likeness (QED) is 0.209. The van der Waals surface area contributed by atoms with Gasteiger partial charge in [-0.2, -0.15) is 0 Å². The van der Waals surface area contributed by atoms with Crippen LogP contribution in [0.25, 0.3) is 6.08 Å². The Morgan fingerprint density at radius 1 is 0.532 bits per heavy atom. The molecule has 1 heterocycles. The standard InChI is InChI=1S/C27H59Si6.C13H16.Sn/c1-28(2,3)25(29(4,5)6)22-19-23(26(30(7,8)9)31(10,11)12)21-24(20-22)27(32(13,14)15)33(16,17)18;1-11-7-5-6-8-12(11)9-10-13(2,3)4;/h19-20,25-27H,1-18H3;5-9H,1H2,2-4H3;. The fourth-order valence-electron chi connectivity index (χ4n) is 10.7. The van der Waals surface area contributed by atoms with Crippen molar-refractivity contribution in [3.63, 3.8) is 0 Å². The van der Waals surface area contributed by atoms with Crippen LogP contribution in [0.4, 0.5) is 0 Å². The molecule has 1 aliphatic heterocycles. The fourth-order valence-corrected chi connectivity index (χ4v) is 61.1. The van der Waals surface area contributed by atoms with E-state index in [2.05, 4.69) is 181 Å². The molecule has 2 aromatic carbocycles. The molecule has 2 aromatic rings. The molecule has 0 saturated heterocycles. The topological polar surface area (TPSA) is 0 Å². The van der Waals surface area contributed by atoms with E-state index in [-0.39, 0.29) is 5.41 Å². The Hall–Kier alpha value is 0.280. The summed E-state index contributed by atoms with van der Waals surface area (Å²) in [6, 6.07) is 15.4. The molecule has 3 rings (SSSR count). The second-order valence-corrected chi connectivity index (χ2v) is 63.0. The Morgan fingerprint density at radius 2 is 0.894 bits per heavy atom. The molecule has 0 unspecified atom stereocenters. The SMILES string of the molecule is CC(C)(C)[C]1=Cc2ccccc2[CH2][Sn]1[c]1c(C([Si](C)(C)C)[Si](C)(C)C)cc(C([Si](C)(C)C)[Si](C)(C)C)cc1C([Si](C)(C)C)[Si](C)(C)C. The van der Waals surface area contributed by atoms with Crippen molar-refractivity contribution in [2.75, 3.05) is 0 Å². The van der Waals surface area contributed by atoms with E-state index < -0.39 is 68.2 Å². The van der Waals surface area contributed by atoms with E-state index in [1.54, 1.807) is 11.1 Å². The second-order valence-electron chi connectivity index (χ2n) is 22.7. The third kappa shape index (κ3) is 9.59. The molecular weight excluding hydrogens is 768 g/mol. The van der Waals surface area contributed by atoms with Gasteiger partial charge in [0, 0.05) is 0 Å². The van der Waals surface area contributed by atoms with E-state index in [4.69, 9.17) is 0 Å². The van der Waals surface area contributed by atoms with Gasteiger partial charge in [0.2, 0.25) is 0 Å². The normalized spacial score (nSPS) is 16.3. The van der Waals surface area contributed by atoms with Crippen LogP contribution < -0.4 is 3.58 Å². The zero-order valence-corrected chi connectivity index (χ0v) is 43.8. The van der Waals surface area contributed by atoms with Gasteiger partial charge in [0.1, 0.15) is 0 Å². The summed E-state index contributed by atoms with van der Waals surface area (Å²) in [6.45, 7) is 56.4. The van der Waals surface area contributed by atoms with E-state index >= 15 is 0 Å². The molecule has 7 heteroatoms. The average molecular weight is 843 g/mol. The van der Waals surface area contributed by atoms with Crippen LogP contribution in [-0.2, 0) is 4.44 Å². The molecule has 0 spiro atoms. The van der Waals surface area contributed by atoms with Crippen molar-refractivity contribution < 1.29 is 0 Å². The van der Waals surface area contributed by atoms with Crippen molar-refractivity contribution in [1.82, 2.24) is 0 Å². The molecular formula is C40H75Si6Sn. The number of hydrogen-bond donors (Lipinski definition) is 0. The maximum absolute atomic E-state index is 2.96. The van der Waals surface area contributed by atoms with E-state index in [9.17, 15) is 0 Å². The van der Waals surface area contributed by atoms with Crippen LogP contribution in [0.3, 0.4) is 0 Å². The Bertz CT molecular complexity index is 1360. The summed E-state index contributed by atoms with van der Waals surface area (Å²) in [4.78, 5) is 0. The number of rotatable bonds is 10. The first-order valence-corrected chi connectivity index (χ1v) is 45.0. The summed E-state index contributed by atoms with van der Waals surface area (Å²) in [7, 11) is -9.31. The first kappa shape index (κ1) is 41.7. The van der Waals surface area contributed by atoms with Crippen LogP contribution in [0.15, 0.2) is 40.0 Å². The van der Waals surface area contributed by atoms with Crippen LogP contribution in [-0.4, -0.2) is 68.2 Å². The van der Waals surface area contributed by atoms with Crippen LogP contribution >= 0.6 is 0 Å². The molecule has 0 aliphatic carbocycles. The van der Waals surface area contributed by atoms with Crippen LogP contribution in [0.5, 0.6) is 0 Å². The van der Waals surface area contributed by atoms with Gasteiger partial charge in [-0.15, -0.1) is 0 Å². The van der Waals surface area contributed by atoms with Gasteiger partial charge in [0.05, 0.1) is 0 Å². The van der Waals surface area contributed by atoms with Crippen LogP contribution in [0.2, 0.25) is 118 Å². The molecule has 0 aromatic heterocycles. The van der Waals surface area contributed by atoms with Crippen molar-refractivity contribution in [2.45, 2.75) is 159 Å². The van der Waals surface area contributed by atoms with E-state index in [1.807, 2.05) is 18.3 Å².